The number of pyridine rings is 1. The molecule has 0 unspecified atom stereocenters. The first-order valence-electron chi connectivity index (χ1n) is 10.4. The van der Waals surface area contributed by atoms with Crippen LogP contribution >= 0.6 is 10.2 Å². The molecule has 0 amide bonds. The van der Waals surface area contributed by atoms with Gasteiger partial charge < -0.3 is 14.6 Å². The monoisotopic (exact) mass is 482 g/mol. The van der Waals surface area contributed by atoms with Crippen LogP contribution in [0.4, 0.5) is 30.9 Å². The summed E-state index contributed by atoms with van der Waals surface area (Å²) in [5.41, 5.74) is -0.470. The zero-order valence-corrected chi connectivity index (χ0v) is 20.5. The van der Waals surface area contributed by atoms with Gasteiger partial charge in [-0.2, -0.15) is 0 Å². The molecule has 2 aromatic rings. The van der Waals surface area contributed by atoms with Crippen molar-refractivity contribution in [3.05, 3.63) is 42.6 Å². The van der Waals surface area contributed by atoms with Crippen LogP contribution in [0.5, 0.6) is 0 Å². The predicted molar refractivity (Wildman–Crippen MR) is 124 cm³/mol. The van der Waals surface area contributed by atoms with Crippen molar-refractivity contribution in [3.8, 4) is 0 Å². The fourth-order valence-corrected chi connectivity index (χ4v) is 3.26. The van der Waals surface area contributed by atoms with E-state index in [1.54, 1.807) is 12.1 Å². The normalized spacial score (nSPS) is 18.8. The minimum atomic E-state index is -9.71. The SMILES string of the molecule is CC.CC.CC1(C)OB(c2cccnc2Nc2ccc(S(F)(F)(F)(F)F)cc2)OC1(C)C. The molecule has 0 aliphatic carbocycles. The number of hydrogen-bond donors (Lipinski definition) is 1. The molecular weight excluding hydrogens is 450 g/mol. The molecular formula is C21H32BF5N2O2S. The summed E-state index contributed by atoms with van der Waals surface area (Å²) in [4.78, 5) is 2.23. The van der Waals surface area contributed by atoms with Crippen molar-refractivity contribution >= 4 is 34.3 Å². The van der Waals surface area contributed by atoms with E-state index < -0.39 is 33.4 Å². The van der Waals surface area contributed by atoms with Crippen molar-refractivity contribution in [3.63, 3.8) is 0 Å². The number of benzene rings is 1. The summed E-state index contributed by atoms with van der Waals surface area (Å²) in [6.07, 6.45) is 1.49. The van der Waals surface area contributed by atoms with Crippen molar-refractivity contribution in [1.29, 1.82) is 0 Å². The summed E-state index contributed by atoms with van der Waals surface area (Å²) in [6.45, 7) is 15.5. The van der Waals surface area contributed by atoms with E-state index in [-0.39, 0.29) is 5.69 Å². The van der Waals surface area contributed by atoms with Crippen LogP contribution in [0.3, 0.4) is 0 Å². The molecule has 1 saturated heterocycles. The smallest absolute Gasteiger partial charge is 0.399 e. The molecule has 1 N–H and O–H groups in total. The molecule has 1 aliphatic heterocycles. The van der Waals surface area contributed by atoms with E-state index >= 15 is 0 Å². The first-order valence-corrected chi connectivity index (χ1v) is 12.4. The van der Waals surface area contributed by atoms with Crippen LogP contribution < -0.4 is 10.8 Å². The molecule has 2 heterocycles. The first kappa shape index (κ1) is 28.2. The maximum Gasteiger partial charge on any atom is 0.498 e. The van der Waals surface area contributed by atoms with Crippen LogP contribution in [-0.2, 0) is 9.31 Å². The highest BCUT2D eigenvalue weighted by Gasteiger charge is 2.65. The molecule has 0 atom stereocenters. The number of hydrogen-bond acceptors (Lipinski definition) is 4. The molecule has 1 aromatic heterocycles. The molecule has 1 fully saturated rings. The Hall–Kier alpha value is -1.85. The molecule has 1 aromatic carbocycles. The van der Waals surface area contributed by atoms with Gasteiger partial charge in [0, 0.05) is 17.3 Å². The highest BCUT2D eigenvalue weighted by molar-refractivity contribution is 8.45. The molecule has 4 nitrogen and oxygen atoms in total. The van der Waals surface area contributed by atoms with Crippen molar-refractivity contribution < 1.29 is 28.7 Å². The van der Waals surface area contributed by atoms with Gasteiger partial charge in [0.2, 0.25) is 0 Å². The fourth-order valence-electron chi connectivity index (χ4n) is 2.61. The molecule has 32 heavy (non-hydrogen) atoms. The number of halogens is 5. The Morgan fingerprint density at radius 2 is 1.28 bits per heavy atom. The van der Waals surface area contributed by atoms with Gasteiger partial charge in [0.05, 0.1) is 11.2 Å². The topological polar surface area (TPSA) is 43.4 Å². The van der Waals surface area contributed by atoms with Gasteiger partial charge in [-0.15, -0.1) is 0 Å². The van der Waals surface area contributed by atoms with Crippen LogP contribution in [0.15, 0.2) is 47.5 Å². The lowest BCUT2D eigenvalue weighted by atomic mass is 9.79. The fraction of sp³-hybridized carbons (Fsp3) is 0.476. The van der Waals surface area contributed by atoms with Gasteiger partial charge in [-0.25, -0.2) is 4.98 Å². The van der Waals surface area contributed by atoms with E-state index in [1.165, 1.54) is 6.20 Å². The second kappa shape index (κ2) is 8.83. The third-order valence-electron chi connectivity index (χ3n) is 4.91. The summed E-state index contributed by atoms with van der Waals surface area (Å²) in [6, 6.07) is 5.93. The number of rotatable bonds is 4. The van der Waals surface area contributed by atoms with Gasteiger partial charge >= 0.3 is 17.3 Å². The average molecular weight is 482 g/mol. The molecule has 1 aliphatic rings. The van der Waals surface area contributed by atoms with Crippen molar-refractivity contribution in [2.75, 3.05) is 5.32 Å². The van der Waals surface area contributed by atoms with Gasteiger partial charge in [0.15, 0.2) is 0 Å². The second-order valence-electron chi connectivity index (χ2n) is 7.65. The summed E-state index contributed by atoms with van der Waals surface area (Å²) in [5.74, 6) is 0.293. The summed E-state index contributed by atoms with van der Waals surface area (Å²) in [5, 5.41) is 2.84. The molecule has 0 radical (unpaired) electrons. The molecule has 11 heteroatoms. The van der Waals surface area contributed by atoms with E-state index in [2.05, 4.69) is 10.3 Å². The van der Waals surface area contributed by atoms with Crippen LogP contribution in [0.25, 0.3) is 0 Å². The molecule has 3 rings (SSSR count). The summed E-state index contributed by atoms with van der Waals surface area (Å²) >= 11 is 0. The van der Waals surface area contributed by atoms with Gasteiger partial charge in [-0.3, -0.25) is 0 Å². The Kier molecular flexibility index (Phi) is 7.78. The largest absolute Gasteiger partial charge is 0.498 e. The lowest BCUT2D eigenvalue weighted by molar-refractivity contribution is 0.00578. The number of nitrogens with one attached hydrogen (secondary N) is 1. The summed E-state index contributed by atoms with van der Waals surface area (Å²) < 4.78 is 76.2. The van der Waals surface area contributed by atoms with Crippen molar-refractivity contribution in [2.45, 2.75) is 71.5 Å². The van der Waals surface area contributed by atoms with Gasteiger partial charge in [-0.05, 0) is 58.0 Å². The Morgan fingerprint density at radius 1 is 0.812 bits per heavy atom. The Morgan fingerprint density at radius 3 is 1.72 bits per heavy atom. The van der Waals surface area contributed by atoms with Crippen LogP contribution in [-0.4, -0.2) is 23.3 Å². The lowest BCUT2D eigenvalue weighted by Gasteiger charge is -2.40. The Labute approximate surface area is 187 Å². The van der Waals surface area contributed by atoms with E-state index in [0.29, 0.717) is 23.4 Å². The molecule has 0 bridgehead atoms. The quantitative estimate of drug-likeness (QED) is 0.356. The zero-order chi connectivity index (χ0) is 25.1. The Balaban J connectivity index is 0.00000121. The highest BCUT2D eigenvalue weighted by Crippen LogP contribution is 3.02. The van der Waals surface area contributed by atoms with Crippen molar-refractivity contribution in [2.24, 2.45) is 0 Å². The van der Waals surface area contributed by atoms with E-state index in [0.717, 1.165) is 12.1 Å². The van der Waals surface area contributed by atoms with Gasteiger partial charge in [-0.1, -0.05) is 53.2 Å². The average Bonchev–Trinajstić information content (AvgIpc) is 2.91. The van der Waals surface area contributed by atoms with E-state index in [9.17, 15) is 19.4 Å². The first-order chi connectivity index (χ1) is 14.5. The third kappa shape index (κ3) is 6.58. The molecule has 0 saturated carbocycles. The standard InChI is InChI=1S/C17H20BF5N2O2S.2C2H6/c1-16(2)17(3,4)27-18(26-16)14-6-5-11-24-15(14)25-12-7-9-13(10-8-12)28(19,20,21,22)23;2*1-2/h5-11H,1-4H3,(H,24,25);2*1-2H3. The van der Waals surface area contributed by atoms with Crippen LogP contribution in [0, 0.1) is 0 Å². The maximum atomic E-state index is 12.9. The van der Waals surface area contributed by atoms with E-state index in [1.807, 2.05) is 55.4 Å². The number of anilines is 2. The minimum Gasteiger partial charge on any atom is -0.399 e. The minimum absolute atomic E-state index is 0.169. The second-order valence-corrected chi connectivity index (χ2v) is 10.1. The van der Waals surface area contributed by atoms with Crippen molar-refractivity contribution in [1.82, 2.24) is 4.98 Å². The number of nitrogens with zero attached hydrogens (tertiary/aromatic N) is 1. The third-order valence-corrected chi connectivity index (χ3v) is 6.07. The lowest BCUT2D eigenvalue weighted by Crippen LogP contribution is -2.41. The maximum absolute atomic E-state index is 12.9. The molecule has 182 valence electrons. The number of aromatic nitrogens is 1. The van der Waals surface area contributed by atoms with E-state index in [4.69, 9.17) is 9.31 Å². The Bertz CT molecular complexity index is 891. The van der Waals surface area contributed by atoms with Gasteiger partial charge in [0.25, 0.3) is 0 Å². The highest BCUT2D eigenvalue weighted by atomic mass is 32.5. The molecule has 0 spiro atoms. The van der Waals surface area contributed by atoms with Crippen LogP contribution in [0.1, 0.15) is 55.4 Å². The summed E-state index contributed by atoms with van der Waals surface area (Å²) in [7, 11) is -10.5. The zero-order valence-electron chi connectivity index (χ0n) is 19.7. The van der Waals surface area contributed by atoms with Gasteiger partial charge in [0.1, 0.15) is 10.7 Å². The van der Waals surface area contributed by atoms with Crippen LogP contribution in [0.2, 0.25) is 0 Å². The predicted octanol–water partition coefficient (Wildman–Crippen LogP) is 7.83.